The summed E-state index contributed by atoms with van der Waals surface area (Å²) in [7, 11) is 0. The lowest BCUT2D eigenvalue weighted by molar-refractivity contribution is -0.163. The minimum absolute atomic E-state index is 0.0217. The van der Waals surface area contributed by atoms with Crippen LogP contribution in [0.2, 0.25) is 0 Å². The molecule has 0 spiro atoms. The molecule has 0 aromatic heterocycles. The lowest BCUT2D eigenvalue weighted by atomic mass is 10.0. The van der Waals surface area contributed by atoms with E-state index in [-0.39, 0.29) is 19.0 Å². The van der Waals surface area contributed by atoms with E-state index in [0.717, 1.165) is 19.3 Å². The highest BCUT2D eigenvalue weighted by molar-refractivity contribution is 5.76. The Balaban J connectivity index is 1.75. The summed E-state index contributed by atoms with van der Waals surface area (Å²) < 4.78 is 40.3. The van der Waals surface area contributed by atoms with Gasteiger partial charge in [-0.1, -0.05) is 24.6 Å². The van der Waals surface area contributed by atoms with E-state index in [1.54, 1.807) is 34.2 Å². The molecule has 0 bridgehead atoms. The summed E-state index contributed by atoms with van der Waals surface area (Å²) in [6.07, 6.45) is -1.24. The Kier molecular flexibility index (Phi) is 4.99. The molecule has 1 aromatic rings. The van der Waals surface area contributed by atoms with Gasteiger partial charge in [0.15, 0.2) is 0 Å². The van der Waals surface area contributed by atoms with Gasteiger partial charge in [-0.05, 0) is 25.0 Å². The molecule has 7 heteroatoms. The third-order valence-electron chi connectivity index (χ3n) is 4.73. The normalized spacial score (nSPS) is 25.9. The van der Waals surface area contributed by atoms with Crippen molar-refractivity contribution >= 4 is 11.6 Å². The average molecular weight is 341 g/mol. The number of benzene rings is 1. The van der Waals surface area contributed by atoms with Gasteiger partial charge in [-0.25, -0.2) is 5.43 Å². The number of alkyl halides is 3. The quantitative estimate of drug-likeness (QED) is 0.918. The van der Waals surface area contributed by atoms with Crippen molar-refractivity contribution in [2.75, 3.05) is 24.6 Å². The molecule has 1 N–H and O–H groups in total. The van der Waals surface area contributed by atoms with Gasteiger partial charge in [0.05, 0.1) is 5.69 Å². The monoisotopic (exact) mass is 341 g/mol. The number of carbonyl (C=O) groups is 1. The second-order valence-electron chi connectivity index (χ2n) is 6.51. The van der Waals surface area contributed by atoms with E-state index in [1.807, 2.05) is 6.07 Å². The number of anilines is 1. The lowest BCUT2D eigenvalue weighted by Gasteiger charge is -2.27. The van der Waals surface area contributed by atoms with Crippen LogP contribution in [-0.2, 0) is 4.79 Å². The van der Waals surface area contributed by atoms with Gasteiger partial charge in [0.25, 0.3) is 0 Å². The van der Waals surface area contributed by atoms with Gasteiger partial charge in [0, 0.05) is 32.0 Å². The summed E-state index contributed by atoms with van der Waals surface area (Å²) in [5.41, 5.74) is 3.29. The van der Waals surface area contributed by atoms with Crippen molar-refractivity contribution in [1.29, 1.82) is 0 Å². The van der Waals surface area contributed by atoms with E-state index in [0.29, 0.717) is 18.7 Å². The van der Waals surface area contributed by atoms with Gasteiger partial charge >= 0.3 is 6.18 Å². The van der Waals surface area contributed by atoms with Gasteiger partial charge in [-0.2, -0.15) is 13.2 Å². The van der Waals surface area contributed by atoms with Crippen molar-refractivity contribution in [3.05, 3.63) is 30.3 Å². The highest BCUT2D eigenvalue weighted by Crippen LogP contribution is 2.33. The number of nitrogens with zero attached hydrogens (tertiary/aromatic N) is 2. The number of hydrogen-bond donors (Lipinski definition) is 1. The Bertz CT molecular complexity index is 564. The van der Waals surface area contributed by atoms with E-state index >= 15 is 0 Å². The van der Waals surface area contributed by atoms with Crippen molar-refractivity contribution in [3.63, 3.8) is 0 Å². The zero-order chi connectivity index (χ0) is 17.2. The van der Waals surface area contributed by atoms with Crippen molar-refractivity contribution in [2.24, 2.45) is 5.92 Å². The zero-order valence-corrected chi connectivity index (χ0v) is 13.4. The van der Waals surface area contributed by atoms with Gasteiger partial charge in [-0.3, -0.25) is 4.79 Å². The maximum Gasteiger partial charge on any atom is 0.406 e. The molecule has 2 aliphatic rings. The van der Waals surface area contributed by atoms with Crippen molar-refractivity contribution in [1.82, 2.24) is 10.3 Å². The van der Waals surface area contributed by atoms with E-state index in [2.05, 4.69) is 5.43 Å². The first-order valence-corrected chi connectivity index (χ1v) is 8.38. The van der Waals surface area contributed by atoms with E-state index < -0.39 is 18.1 Å². The number of hydrazine groups is 1. The molecule has 4 nitrogen and oxygen atoms in total. The molecule has 2 fully saturated rings. The van der Waals surface area contributed by atoms with E-state index in [1.165, 1.54) is 0 Å². The molecule has 2 saturated heterocycles. The molecule has 0 radical (unpaired) electrons. The van der Waals surface area contributed by atoms with Crippen LogP contribution in [0.3, 0.4) is 0 Å². The predicted octanol–water partition coefficient (Wildman–Crippen LogP) is 2.96. The highest BCUT2D eigenvalue weighted by Gasteiger charge is 2.50. The molecule has 132 valence electrons. The second kappa shape index (κ2) is 7.01. The number of nitrogens with one attached hydrogen (secondary N) is 1. The minimum atomic E-state index is -4.34. The molecule has 2 atom stereocenters. The standard InChI is InChI=1S/C17H22F3N3O/c18-17(19,20)16-13(11-22-10-6-2-5-9-15(22)24)12-23(21-16)14-7-3-1-4-8-14/h1,3-4,7-8,13,16,21H,2,5-6,9-12H2. The van der Waals surface area contributed by atoms with Gasteiger partial charge < -0.3 is 9.91 Å². The van der Waals surface area contributed by atoms with Crippen LogP contribution in [0.1, 0.15) is 25.7 Å². The van der Waals surface area contributed by atoms with Crippen LogP contribution in [0.15, 0.2) is 30.3 Å². The smallest absolute Gasteiger partial charge is 0.342 e. The van der Waals surface area contributed by atoms with Crippen molar-refractivity contribution in [2.45, 2.75) is 37.9 Å². The summed E-state index contributed by atoms with van der Waals surface area (Å²) in [4.78, 5) is 13.7. The first kappa shape index (κ1) is 17.1. The van der Waals surface area contributed by atoms with Gasteiger partial charge in [0.2, 0.25) is 5.91 Å². The highest BCUT2D eigenvalue weighted by atomic mass is 19.4. The SMILES string of the molecule is O=C1CCCCCN1CC1CN(c2ccccc2)NC1C(F)(F)F. The fourth-order valence-electron chi connectivity index (χ4n) is 3.47. The van der Waals surface area contributed by atoms with Crippen LogP contribution >= 0.6 is 0 Å². The summed E-state index contributed by atoms with van der Waals surface area (Å²) >= 11 is 0. The molecule has 1 aromatic carbocycles. The molecule has 24 heavy (non-hydrogen) atoms. The maximum absolute atomic E-state index is 13.4. The lowest BCUT2D eigenvalue weighted by Crippen LogP contribution is -2.48. The minimum Gasteiger partial charge on any atom is -0.342 e. The Morgan fingerprint density at radius 2 is 1.88 bits per heavy atom. The Morgan fingerprint density at radius 1 is 1.12 bits per heavy atom. The molecular formula is C17H22F3N3O. The Morgan fingerprint density at radius 3 is 2.58 bits per heavy atom. The van der Waals surface area contributed by atoms with Crippen LogP contribution < -0.4 is 10.4 Å². The third-order valence-corrected chi connectivity index (χ3v) is 4.73. The summed E-state index contributed by atoms with van der Waals surface area (Å²) in [5, 5.41) is 1.55. The first-order valence-electron chi connectivity index (χ1n) is 8.38. The molecule has 2 unspecified atom stereocenters. The van der Waals surface area contributed by atoms with E-state index in [4.69, 9.17) is 0 Å². The van der Waals surface area contributed by atoms with Gasteiger partial charge in [-0.15, -0.1) is 0 Å². The maximum atomic E-state index is 13.4. The number of rotatable bonds is 3. The van der Waals surface area contributed by atoms with Crippen LogP contribution in [0.25, 0.3) is 0 Å². The predicted molar refractivity (Wildman–Crippen MR) is 85.3 cm³/mol. The fraction of sp³-hybridized carbons (Fsp3) is 0.588. The fourth-order valence-corrected chi connectivity index (χ4v) is 3.47. The van der Waals surface area contributed by atoms with E-state index in [9.17, 15) is 18.0 Å². The third kappa shape index (κ3) is 3.83. The molecule has 1 amide bonds. The molecule has 3 rings (SSSR count). The van der Waals surface area contributed by atoms with Crippen LogP contribution in [0.5, 0.6) is 0 Å². The number of halogens is 3. The Hall–Kier alpha value is -1.76. The largest absolute Gasteiger partial charge is 0.406 e. The molecule has 0 saturated carbocycles. The van der Waals surface area contributed by atoms with Crippen LogP contribution in [0, 0.1) is 5.92 Å². The number of amides is 1. The Labute approximate surface area is 139 Å². The number of likely N-dealkylation sites (tertiary alicyclic amines) is 1. The molecule has 2 aliphatic heterocycles. The topological polar surface area (TPSA) is 35.6 Å². The number of para-hydroxylation sites is 1. The summed E-state index contributed by atoms with van der Waals surface area (Å²) in [5.74, 6) is -0.696. The number of carbonyl (C=O) groups excluding carboxylic acids is 1. The number of hydrogen-bond acceptors (Lipinski definition) is 3. The van der Waals surface area contributed by atoms with Crippen molar-refractivity contribution < 1.29 is 18.0 Å². The summed E-state index contributed by atoms with van der Waals surface area (Å²) in [6.45, 7) is 0.947. The van der Waals surface area contributed by atoms with Crippen LogP contribution in [0.4, 0.5) is 18.9 Å². The molecule has 2 heterocycles. The van der Waals surface area contributed by atoms with Crippen molar-refractivity contribution in [3.8, 4) is 0 Å². The first-order chi connectivity index (χ1) is 11.4. The van der Waals surface area contributed by atoms with Gasteiger partial charge in [0.1, 0.15) is 6.04 Å². The summed E-state index contributed by atoms with van der Waals surface area (Å²) in [6, 6.07) is 7.35. The average Bonchev–Trinajstić information content (AvgIpc) is 2.88. The molecular weight excluding hydrogens is 319 g/mol. The van der Waals surface area contributed by atoms with Crippen LogP contribution in [-0.4, -0.2) is 42.7 Å². The zero-order valence-electron chi connectivity index (χ0n) is 13.4. The second-order valence-corrected chi connectivity index (χ2v) is 6.51. The molecule has 0 aliphatic carbocycles.